The molecule has 1 rings (SSSR count). The lowest BCUT2D eigenvalue weighted by molar-refractivity contribution is 0.0698. The summed E-state index contributed by atoms with van der Waals surface area (Å²) in [5, 5.41) is 9.13. The van der Waals surface area contributed by atoms with Gasteiger partial charge >= 0.3 is 5.97 Å². The topological polar surface area (TPSA) is 66.6 Å². The van der Waals surface area contributed by atoms with Gasteiger partial charge in [-0.25, -0.2) is 4.79 Å². The molecule has 0 radical (unpaired) electrons. The van der Waals surface area contributed by atoms with Gasteiger partial charge in [0.05, 0.1) is 5.56 Å². The van der Waals surface area contributed by atoms with E-state index in [4.69, 9.17) is 10.8 Å². The molecule has 0 amide bonds. The number of benzene rings is 1. The highest BCUT2D eigenvalue weighted by Crippen LogP contribution is 2.25. The van der Waals surface area contributed by atoms with Crippen LogP contribution in [0, 0.1) is 12.8 Å². The van der Waals surface area contributed by atoms with Gasteiger partial charge in [-0.15, -0.1) is 0 Å². The molecule has 1 unspecified atom stereocenters. The van der Waals surface area contributed by atoms with Gasteiger partial charge in [0.1, 0.15) is 0 Å². The van der Waals surface area contributed by atoms with Gasteiger partial charge < -0.3 is 15.7 Å². The lowest BCUT2D eigenvalue weighted by Crippen LogP contribution is -2.24. The van der Waals surface area contributed by atoms with Gasteiger partial charge in [-0.2, -0.15) is 0 Å². The monoisotopic (exact) mass is 250 g/mol. The lowest BCUT2D eigenvalue weighted by atomic mass is 10.0. The molecule has 0 saturated heterocycles. The number of carboxylic acids is 1. The summed E-state index contributed by atoms with van der Waals surface area (Å²) in [7, 11) is 1.97. The molecule has 0 heterocycles. The second-order valence-corrected chi connectivity index (χ2v) is 4.92. The molecule has 1 aromatic rings. The number of hydrogen-bond acceptors (Lipinski definition) is 3. The molecule has 100 valence electrons. The number of nitrogens with two attached hydrogens (primary N) is 1. The summed E-state index contributed by atoms with van der Waals surface area (Å²) in [6.45, 7) is 7.06. The average Bonchev–Trinajstić information content (AvgIpc) is 2.31. The second kappa shape index (κ2) is 5.76. The maximum atomic E-state index is 11.1. The minimum absolute atomic E-state index is 0.181. The molecule has 0 bridgehead atoms. The van der Waals surface area contributed by atoms with E-state index in [1.54, 1.807) is 6.07 Å². The van der Waals surface area contributed by atoms with E-state index >= 15 is 0 Å². The van der Waals surface area contributed by atoms with Crippen molar-refractivity contribution in [3.05, 3.63) is 23.3 Å². The van der Waals surface area contributed by atoms with Crippen LogP contribution in [0.15, 0.2) is 12.1 Å². The number of hydrogen-bond donors (Lipinski definition) is 2. The van der Waals surface area contributed by atoms with Gasteiger partial charge in [0.25, 0.3) is 0 Å². The third-order valence-electron chi connectivity index (χ3n) is 3.33. The Morgan fingerprint density at radius 1 is 1.50 bits per heavy atom. The summed E-state index contributed by atoms with van der Waals surface area (Å²) in [4.78, 5) is 13.2. The molecule has 4 nitrogen and oxygen atoms in total. The van der Waals surface area contributed by atoms with E-state index in [1.807, 2.05) is 20.0 Å². The van der Waals surface area contributed by atoms with Crippen LogP contribution in [0.5, 0.6) is 0 Å². The Labute approximate surface area is 108 Å². The fourth-order valence-corrected chi connectivity index (χ4v) is 1.88. The zero-order chi connectivity index (χ0) is 13.9. The highest BCUT2D eigenvalue weighted by molar-refractivity contribution is 5.95. The van der Waals surface area contributed by atoms with Crippen molar-refractivity contribution in [3.8, 4) is 0 Å². The summed E-state index contributed by atoms with van der Waals surface area (Å²) < 4.78 is 0. The van der Waals surface area contributed by atoms with Crippen molar-refractivity contribution in [1.82, 2.24) is 0 Å². The van der Waals surface area contributed by atoms with Crippen molar-refractivity contribution in [2.45, 2.75) is 27.2 Å². The first kappa shape index (κ1) is 14.4. The van der Waals surface area contributed by atoms with E-state index in [2.05, 4.69) is 18.7 Å². The van der Waals surface area contributed by atoms with Gasteiger partial charge in [0, 0.05) is 25.0 Å². The smallest absolute Gasteiger partial charge is 0.337 e. The molecule has 4 heteroatoms. The minimum Gasteiger partial charge on any atom is -0.478 e. The Morgan fingerprint density at radius 2 is 2.11 bits per heavy atom. The van der Waals surface area contributed by atoms with Gasteiger partial charge in [-0.1, -0.05) is 20.3 Å². The first-order valence-corrected chi connectivity index (χ1v) is 6.21. The maximum absolute atomic E-state index is 11.1. The number of anilines is 2. The SMILES string of the molecule is CCC(C)CN(C)c1cc(C)c(N)c(C(=O)O)c1. The summed E-state index contributed by atoms with van der Waals surface area (Å²) in [5.41, 5.74) is 8.02. The summed E-state index contributed by atoms with van der Waals surface area (Å²) in [6, 6.07) is 3.58. The number of carbonyl (C=O) groups is 1. The number of aryl methyl sites for hydroxylation is 1. The molecule has 0 spiro atoms. The molecule has 0 aromatic heterocycles. The lowest BCUT2D eigenvalue weighted by Gasteiger charge is -2.24. The van der Waals surface area contributed by atoms with Crippen LogP contribution in [0.2, 0.25) is 0 Å². The van der Waals surface area contributed by atoms with Crippen LogP contribution in [-0.2, 0) is 0 Å². The van der Waals surface area contributed by atoms with E-state index in [1.165, 1.54) is 0 Å². The molecule has 18 heavy (non-hydrogen) atoms. The largest absolute Gasteiger partial charge is 0.478 e. The minimum atomic E-state index is -0.977. The molecule has 0 aliphatic rings. The zero-order valence-electron chi connectivity index (χ0n) is 11.5. The second-order valence-electron chi connectivity index (χ2n) is 4.92. The molecule has 0 aliphatic carbocycles. The van der Waals surface area contributed by atoms with E-state index < -0.39 is 5.97 Å². The zero-order valence-corrected chi connectivity index (χ0v) is 11.5. The Bertz CT molecular complexity index is 444. The van der Waals surface area contributed by atoms with Crippen molar-refractivity contribution in [1.29, 1.82) is 0 Å². The van der Waals surface area contributed by atoms with Crippen LogP contribution in [0.25, 0.3) is 0 Å². The molecule has 3 N–H and O–H groups in total. The van der Waals surface area contributed by atoms with Crippen molar-refractivity contribution in [2.24, 2.45) is 5.92 Å². The number of rotatable bonds is 5. The van der Waals surface area contributed by atoms with E-state index in [9.17, 15) is 4.79 Å². The quantitative estimate of drug-likeness (QED) is 0.789. The first-order chi connectivity index (χ1) is 8.36. The summed E-state index contributed by atoms with van der Waals surface area (Å²) in [6.07, 6.45) is 1.10. The van der Waals surface area contributed by atoms with Gasteiger partial charge in [0.2, 0.25) is 0 Å². The molecule has 1 atom stereocenters. The fraction of sp³-hybridized carbons (Fsp3) is 0.500. The van der Waals surface area contributed by atoms with Crippen LogP contribution in [0.1, 0.15) is 36.2 Å². The van der Waals surface area contributed by atoms with Gasteiger partial charge in [-0.3, -0.25) is 0 Å². The normalized spacial score (nSPS) is 12.2. The van der Waals surface area contributed by atoms with Gasteiger partial charge in [-0.05, 0) is 30.5 Å². The van der Waals surface area contributed by atoms with Crippen molar-refractivity contribution in [2.75, 3.05) is 24.2 Å². The number of nitrogens with zero attached hydrogens (tertiary/aromatic N) is 1. The van der Waals surface area contributed by atoms with E-state index in [-0.39, 0.29) is 5.56 Å². The van der Waals surface area contributed by atoms with E-state index in [0.717, 1.165) is 24.2 Å². The predicted molar refractivity (Wildman–Crippen MR) is 75.3 cm³/mol. The highest BCUT2D eigenvalue weighted by Gasteiger charge is 2.14. The van der Waals surface area contributed by atoms with Crippen LogP contribution < -0.4 is 10.6 Å². The third-order valence-corrected chi connectivity index (χ3v) is 3.33. The predicted octanol–water partition coefficient (Wildman–Crippen LogP) is 2.76. The molecule has 0 fully saturated rings. The van der Waals surface area contributed by atoms with Crippen molar-refractivity contribution in [3.63, 3.8) is 0 Å². The Morgan fingerprint density at radius 3 is 2.61 bits per heavy atom. The molecular weight excluding hydrogens is 228 g/mol. The molecular formula is C14H22N2O2. The fourth-order valence-electron chi connectivity index (χ4n) is 1.88. The van der Waals surface area contributed by atoms with Gasteiger partial charge in [0.15, 0.2) is 0 Å². The van der Waals surface area contributed by atoms with Crippen LogP contribution in [0.3, 0.4) is 0 Å². The Balaban J connectivity index is 3.07. The first-order valence-electron chi connectivity index (χ1n) is 6.21. The Kier molecular flexibility index (Phi) is 4.59. The summed E-state index contributed by atoms with van der Waals surface area (Å²) in [5.74, 6) is -0.407. The van der Waals surface area contributed by atoms with E-state index in [0.29, 0.717) is 11.6 Å². The van der Waals surface area contributed by atoms with Crippen LogP contribution in [-0.4, -0.2) is 24.7 Å². The number of carboxylic acid groups (broad SMARTS) is 1. The van der Waals surface area contributed by atoms with Crippen LogP contribution in [0.4, 0.5) is 11.4 Å². The Hall–Kier alpha value is -1.71. The van der Waals surface area contributed by atoms with Crippen LogP contribution >= 0.6 is 0 Å². The number of nitrogen functional groups attached to an aromatic ring is 1. The standard InChI is InChI=1S/C14H22N2O2/c1-5-9(2)8-16(4)11-6-10(3)13(15)12(7-11)14(17)18/h6-7,9H,5,8,15H2,1-4H3,(H,17,18). The maximum Gasteiger partial charge on any atom is 0.337 e. The molecule has 1 aromatic carbocycles. The third kappa shape index (κ3) is 3.15. The average molecular weight is 250 g/mol. The summed E-state index contributed by atoms with van der Waals surface area (Å²) >= 11 is 0. The number of aromatic carboxylic acids is 1. The molecule has 0 saturated carbocycles. The van der Waals surface area contributed by atoms with Crippen molar-refractivity contribution < 1.29 is 9.90 Å². The highest BCUT2D eigenvalue weighted by atomic mass is 16.4. The van der Waals surface area contributed by atoms with Crippen molar-refractivity contribution >= 4 is 17.3 Å². The molecule has 0 aliphatic heterocycles.